The second-order valence-corrected chi connectivity index (χ2v) is 6.61. The summed E-state index contributed by atoms with van der Waals surface area (Å²) in [6.07, 6.45) is 0. The highest BCUT2D eigenvalue weighted by Gasteiger charge is 2.16. The molecule has 0 bridgehead atoms. The van der Waals surface area contributed by atoms with Crippen molar-refractivity contribution in [1.82, 2.24) is 10.2 Å². The highest BCUT2D eigenvalue weighted by Crippen LogP contribution is 2.22. The first kappa shape index (κ1) is 15.2. The van der Waals surface area contributed by atoms with Crippen molar-refractivity contribution in [2.24, 2.45) is 0 Å². The van der Waals surface area contributed by atoms with Gasteiger partial charge in [-0.05, 0) is 49.8 Å². The van der Waals surface area contributed by atoms with E-state index in [9.17, 15) is 4.79 Å². The quantitative estimate of drug-likeness (QED) is 0.892. The van der Waals surface area contributed by atoms with E-state index in [2.05, 4.69) is 37.6 Å². The molecule has 1 heterocycles. The predicted octanol–water partition coefficient (Wildman–Crippen LogP) is 3.54. The highest BCUT2D eigenvalue weighted by atomic mass is 79.9. The zero-order chi connectivity index (χ0) is 14.5. The van der Waals surface area contributed by atoms with Crippen LogP contribution in [0.25, 0.3) is 0 Å². The van der Waals surface area contributed by atoms with Crippen molar-refractivity contribution < 1.29 is 4.79 Å². The molecule has 106 valence electrons. The van der Waals surface area contributed by atoms with Gasteiger partial charge in [0, 0.05) is 21.5 Å². The summed E-state index contributed by atoms with van der Waals surface area (Å²) in [6, 6.07) is 11.7. The Hall–Kier alpha value is -1.17. The largest absolute Gasteiger partial charge is 0.350 e. The molecule has 3 nitrogen and oxygen atoms in total. The number of carbonyl (C=O) groups excluding carboxylic acids is 1. The molecule has 5 heteroatoms. The van der Waals surface area contributed by atoms with Crippen molar-refractivity contribution in [3.8, 4) is 0 Å². The fourth-order valence-electron chi connectivity index (χ4n) is 1.91. The Morgan fingerprint density at radius 1 is 1.30 bits per heavy atom. The third kappa shape index (κ3) is 3.91. The lowest BCUT2D eigenvalue weighted by Gasteiger charge is -2.23. The number of thiophene rings is 1. The van der Waals surface area contributed by atoms with Crippen LogP contribution in [-0.4, -0.2) is 31.4 Å². The third-order valence-corrected chi connectivity index (χ3v) is 4.56. The van der Waals surface area contributed by atoms with Gasteiger partial charge in [-0.3, -0.25) is 4.79 Å². The molecule has 20 heavy (non-hydrogen) atoms. The summed E-state index contributed by atoms with van der Waals surface area (Å²) < 4.78 is 0.971. The average molecular weight is 353 g/mol. The number of rotatable bonds is 5. The van der Waals surface area contributed by atoms with Crippen molar-refractivity contribution in [2.75, 3.05) is 20.6 Å². The van der Waals surface area contributed by atoms with E-state index in [-0.39, 0.29) is 11.9 Å². The minimum absolute atomic E-state index is 0.0408. The normalized spacial score (nSPS) is 12.4. The molecule has 1 amide bonds. The molecule has 1 N–H and O–H groups in total. The smallest absolute Gasteiger partial charge is 0.251 e. The van der Waals surface area contributed by atoms with Gasteiger partial charge in [-0.25, -0.2) is 0 Å². The van der Waals surface area contributed by atoms with Gasteiger partial charge in [-0.15, -0.1) is 11.3 Å². The molecule has 0 spiro atoms. The van der Waals surface area contributed by atoms with Crippen LogP contribution in [0.5, 0.6) is 0 Å². The first-order chi connectivity index (χ1) is 9.58. The number of likely N-dealkylation sites (N-methyl/N-ethyl adjacent to an activating group) is 1. The number of amides is 1. The summed E-state index contributed by atoms with van der Waals surface area (Å²) in [7, 11) is 4.05. The molecule has 1 unspecified atom stereocenters. The molecule has 1 aromatic heterocycles. The molecule has 0 aliphatic rings. The lowest BCUT2D eigenvalue weighted by molar-refractivity contribution is 0.0942. The topological polar surface area (TPSA) is 32.3 Å². The highest BCUT2D eigenvalue weighted by molar-refractivity contribution is 9.10. The molecule has 1 aromatic carbocycles. The van der Waals surface area contributed by atoms with Gasteiger partial charge in [0.15, 0.2) is 0 Å². The lowest BCUT2D eigenvalue weighted by Crippen LogP contribution is -2.34. The van der Waals surface area contributed by atoms with Gasteiger partial charge >= 0.3 is 0 Å². The maximum Gasteiger partial charge on any atom is 0.251 e. The summed E-state index contributed by atoms with van der Waals surface area (Å²) in [5, 5.41) is 5.06. The molecule has 0 radical (unpaired) electrons. The van der Waals surface area contributed by atoms with E-state index in [4.69, 9.17) is 0 Å². The Morgan fingerprint density at radius 3 is 2.55 bits per heavy atom. The van der Waals surface area contributed by atoms with Crippen molar-refractivity contribution in [3.05, 3.63) is 56.7 Å². The van der Waals surface area contributed by atoms with Crippen molar-refractivity contribution in [2.45, 2.75) is 6.04 Å². The molecule has 0 fully saturated rings. The molecular formula is C15H17BrN2OS. The molecule has 1 atom stereocenters. The molecule has 0 saturated carbocycles. The first-order valence-electron chi connectivity index (χ1n) is 6.31. The van der Waals surface area contributed by atoms with E-state index >= 15 is 0 Å². The van der Waals surface area contributed by atoms with E-state index in [1.54, 1.807) is 11.3 Å². The Bertz CT molecular complexity index is 552. The summed E-state index contributed by atoms with van der Waals surface area (Å²) in [5.74, 6) is -0.0408. The monoisotopic (exact) mass is 352 g/mol. The zero-order valence-electron chi connectivity index (χ0n) is 11.5. The lowest BCUT2D eigenvalue weighted by atomic mass is 10.2. The number of nitrogens with zero attached hydrogens (tertiary/aromatic N) is 1. The minimum Gasteiger partial charge on any atom is -0.350 e. The number of hydrogen-bond donors (Lipinski definition) is 1. The molecule has 0 saturated heterocycles. The third-order valence-electron chi connectivity index (χ3n) is 3.06. The van der Waals surface area contributed by atoms with Crippen LogP contribution in [0.2, 0.25) is 0 Å². The van der Waals surface area contributed by atoms with Crippen LogP contribution in [-0.2, 0) is 0 Å². The summed E-state index contributed by atoms with van der Waals surface area (Å²) in [4.78, 5) is 15.5. The van der Waals surface area contributed by atoms with E-state index in [0.717, 1.165) is 4.47 Å². The number of carbonyl (C=O) groups is 1. The van der Waals surface area contributed by atoms with Crippen LogP contribution < -0.4 is 5.32 Å². The SMILES string of the molecule is CN(C)C(CNC(=O)c1ccc(Br)cc1)c1cccs1. The van der Waals surface area contributed by atoms with Crippen LogP contribution in [0.1, 0.15) is 21.3 Å². The molecule has 2 aromatic rings. The molecule has 0 aliphatic heterocycles. The van der Waals surface area contributed by atoms with Gasteiger partial charge in [0.1, 0.15) is 0 Å². The number of benzene rings is 1. The Kier molecular flexibility index (Phi) is 5.34. The first-order valence-corrected chi connectivity index (χ1v) is 7.99. The number of halogens is 1. The Morgan fingerprint density at radius 2 is 2.00 bits per heavy atom. The van der Waals surface area contributed by atoms with Crippen LogP contribution >= 0.6 is 27.3 Å². The van der Waals surface area contributed by atoms with Crippen LogP contribution in [0.4, 0.5) is 0 Å². The fraction of sp³-hybridized carbons (Fsp3) is 0.267. The van der Waals surface area contributed by atoms with Crippen molar-refractivity contribution in [3.63, 3.8) is 0 Å². The van der Waals surface area contributed by atoms with Crippen molar-refractivity contribution in [1.29, 1.82) is 0 Å². The second kappa shape index (κ2) is 7.02. The zero-order valence-corrected chi connectivity index (χ0v) is 13.9. The summed E-state index contributed by atoms with van der Waals surface area (Å²) >= 11 is 5.07. The van der Waals surface area contributed by atoms with Crippen LogP contribution in [0.15, 0.2) is 46.3 Å². The van der Waals surface area contributed by atoms with Gasteiger partial charge in [0.2, 0.25) is 0 Å². The Labute approximate surface area is 131 Å². The van der Waals surface area contributed by atoms with Crippen LogP contribution in [0.3, 0.4) is 0 Å². The van der Waals surface area contributed by atoms with Gasteiger partial charge in [0.25, 0.3) is 5.91 Å². The van der Waals surface area contributed by atoms with Gasteiger partial charge in [0.05, 0.1) is 6.04 Å². The predicted molar refractivity (Wildman–Crippen MR) is 87.2 cm³/mol. The number of hydrogen-bond acceptors (Lipinski definition) is 3. The standard InChI is InChI=1S/C15H17BrN2OS/c1-18(2)13(14-4-3-9-20-14)10-17-15(19)11-5-7-12(16)8-6-11/h3-9,13H,10H2,1-2H3,(H,17,19). The van der Waals surface area contributed by atoms with E-state index in [0.29, 0.717) is 12.1 Å². The van der Waals surface area contributed by atoms with Crippen LogP contribution in [0, 0.1) is 0 Å². The minimum atomic E-state index is -0.0408. The van der Waals surface area contributed by atoms with E-state index in [1.807, 2.05) is 44.4 Å². The fourth-order valence-corrected chi connectivity index (χ4v) is 3.10. The maximum absolute atomic E-state index is 12.1. The van der Waals surface area contributed by atoms with E-state index in [1.165, 1.54) is 4.88 Å². The van der Waals surface area contributed by atoms with E-state index < -0.39 is 0 Å². The number of nitrogens with one attached hydrogen (secondary N) is 1. The molecule has 2 rings (SSSR count). The Balaban J connectivity index is 1.99. The summed E-state index contributed by atoms with van der Waals surface area (Å²) in [5.41, 5.74) is 0.678. The van der Waals surface area contributed by atoms with Gasteiger partial charge < -0.3 is 10.2 Å². The second-order valence-electron chi connectivity index (χ2n) is 4.71. The maximum atomic E-state index is 12.1. The average Bonchev–Trinajstić information content (AvgIpc) is 2.93. The van der Waals surface area contributed by atoms with Crippen molar-refractivity contribution >= 4 is 33.2 Å². The van der Waals surface area contributed by atoms with Gasteiger partial charge in [-0.1, -0.05) is 22.0 Å². The molecule has 0 aliphatic carbocycles. The summed E-state index contributed by atoms with van der Waals surface area (Å²) in [6.45, 7) is 0.600. The molecular weight excluding hydrogens is 336 g/mol. The van der Waals surface area contributed by atoms with Gasteiger partial charge in [-0.2, -0.15) is 0 Å².